The van der Waals surface area contributed by atoms with E-state index >= 15 is 0 Å². The number of carbonyl (C=O) groups is 1. The zero-order valence-corrected chi connectivity index (χ0v) is 14.2. The van der Waals surface area contributed by atoms with Gasteiger partial charge in [0.05, 0.1) is 0 Å². The topological polar surface area (TPSA) is 20.3 Å². The number of hydrogen-bond acceptors (Lipinski definition) is 2. The number of hydrogen-bond donors (Lipinski definition) is 0. The van der Waals surface area contributed by atoms with E-state index in [0.29, 0.717) is 5.78 Å². The highest BCUT2D eigenvalue weighted by Gasteiger charge is 2.35. The molecule has 1 aliphatic carbocycles. The molecule has 0 unspecified atom stereocenters. The number of ketones is 1. The summed E-state index contributed by atoms with van der Waals surface area (Å²) in [6, 6.07) is 8.53. The first-order valence-electron chi connectivity index (χ1n) is 8.17. The minimum Gasteiger partial charge on any atom is -0.375 e. The summed E-state index contributed by atoms with van der Waals surface area (Å²) in [7, 11) is 2.12. The summed E-state index contributed by atoms with van der Waals surface area (Å²) in [5.41, 5.74) is 3.19. The van der Waals surface area contributed by atoms with E-state index < -0.39 is 0 Å². The minimum absolute atomic E-state index is 0.175. The van der Waals surface area contributed by atoms with Crippen LogP contribution in [0.3, 0.4) is 0 Å². The van der Waals surface area contributed by atoms with Crippen LogP contribution in [0.4, 0.5) is 5.69 Å². The van der Waals surface area contributed by atoms with Gasteiger partial charge >= 0.3 is 0 Å². The van der Waals surface area contributed by atoms with Crippen LogP contribution in [0, 0.1) is 5.41 Å². The number of Topliss-reactive ketones (excluding diaryl/α,β-unsaturated/α-hetero) is 1. The van der Waals surface area contributed by atoms with Gasteiger partial charge < -0.3 is 4.90 Å². The molecule has 1 saturated carbocycles. The molecule has 0 aliphatic heterocycles. The number of carbonyl (C=O) groups excluding carboxylic acids is 1. The molecular weight excluding hydrogens is 270 g/mol. The van der Waals surface area contributed by atoms with Gasteiger partial charge in [-0.2, -0.15) is 0 Å². The summed E-state index contributed by atoms with van der Waals surface area (Å²) < 4.78 is 0. The average Bonchev–Trinajstić information content (AvgIpc) is 2.75. The molecule has 0 bridgehead atoms. The Hall–Kier alpha value is -1.83. The Kier molecular flexibility index (Phi) is 5.23. The molecule has 2 heteroatoms. The average molecular weight is 297 g/mol. The third kappa shape index (κ3) is 3.88. The highest BCUT2D eigenvalue weighted by Crippen LogP contribution is 2.37. The minimum atomic E-state index is -0.175. The largest absolute Gasteiger partial charge is 0.375 e. The van der Waals surface area contributed by atoms with Crippen LogP contribution in [0.1, 0.15) is 45.6 Å². The second kappa shape index (κ2) is 6.95. The first-order valence-corrected chi connectivity index (χ1v) is 8.17. The molecule has 118 valence electrons. The van der Waals surface area contributed by atoms with Crippen molar-refractivity contribution in [3.63, 3.8) is 0 Å². The van der Waals surface area contributed by atoms with Crippen molar-refractivity contribution < 1.29 is 4.79 Å². The van der Waals surface area contributed by atoms with Crippen molar-refractivity contribution in [3.05, 3.63) is 47.6 Å². The fraction of sp³-hybridized carbons (Fsp3) is 0.450. The standard InChI is InChI=1S/C20H27NO/c1-5-15-21(4)18-11-9-16(10-12-18)7-6-8-17-13-14-20(2,3)19(17)22/h6-12H,5,13-15H2,1-4H3. The molecule has 2 nitrogen and oxygen atoms in total. The normalized spacial score (nSPS) is 19.3. The van der Waals surface area contributed by atoms with Gasteiger partial charge in [-0.15, -0.1) is 0 Å². The summed E-state index contributed by atoms with van der Waals surface area (Å²) in [5.74, 6) is 0.300. The monoisotopic (exact) mass is 297 g/mol. The van der Waals surface area contributed by atoms with Crippen molar-refractivity contribution in [3.8, 4) is 0 Å². The Balaban J connectivity index is 2.01. The third-order valence-corrected chi connectivity index (χ3v) is 4.40. The molecule has 0 amide bonds. The van der Waals surface area contributed by atoms with Crippen LogP contribution in [0.5, 0.6) is 0 Å². The summed E-state index contributed by atoms with van der Waals surface area (Å²) in [6.45, 7) is 7.32. The molecule has 0 saturated heterocycles. The number of benzene rings is 1. The molecule has 0 atom stereocenters. The highest BCUT2D eigenvalue weighted by atomic mass is 16.1. The third-order valence-electron chi connectivity index (χ3n) is 4.40. The van der Waals surface area contributed by atoms with Gasteiger partial charge in [-0.3, -0.25) is 4.79 Å². The molecular formula is C20H27NO. The van der Waals surface area contributed by atoms with Crippen molar-refractivity contribution in [2.24, 2.45) is 5.41 Å². The summed E-state index contributed by atoms with van der Waals surface area (Å²) in [4.78, 5) is 14.4. The molecule has 0 spiro atoms. The summed E-state index contributed by atoms with van der Waals surface area (Å²) >= 11 is 0. The van der Waals surface area contributed by atoms with E-state index in [0.717, 1.165) is 36.9 Å². The van der Waals surface area contributed by atoms with Crippen molar-refractivity contribution >= 4 is 17.5 Å². The summed E-state index contributed by atoms with van der Waals surface area (Å²) in [5, 5.41) is 0. The van der Waals surface area contributed by atoms with Crippen LogP contribution in [0.2, 0.25) is 0 Å². The molecule has 1 aromatic rings. The fourth-order valence-electron chi connectivity index (χ4n) is 2.85. The van der Waals surface area contributed by atoms with Crippen LogP contribution in [-0.2, 0) is 4.79 Å². The van der Waals surface area contributed by atoms with E-state index in [2.05, 4.69) is 49.2 Å². The number of anilines is 1. The molecule has 0 heterocycles. The maximum Gasteiger partial charge on any atom is 0.164 e. The molecule has 0 N–H and O–H groups in total. The lowest BCUT2D eigenvalue weighted by molar-refractivity contribution is -0.121. The Labute approximate surface area is 134 Å². The number of nitrogens with zero attached hydrogens (tertiary/aromatic N) is 1. The van der Waals surface area contributed by atoms with E-state index in [1.54, 1.807) is 0 Å². The molecule has 1 aliphatic rings. The van der Waals surface area contributed by atoms with Gasteiger partial charge in [0, 0.05) is 24.7 Å². The first kappa shape index (κ1) is 16.5. The van der Waals surface area contributed by atoms with Gasteiger partial charge in [0.25, 0.3) is 0 Å². The molecule has 0 aromatic heterocycles. The lowest BCUT2D eigenvalue weighted by Crippen LogP contribution is -2.17. The van der Waals surface area contributed by atoms with Gasteiger partial charge in [-0.25, -0.2) is 0 Å². The van der Waals surface area contributed by atoms with Gasteiger partial charge in [0.2, 0.25) is 0 Å². The molecule has 1 aromatic carbocycles. The predicted octanol–water partition coefficient (Wildman–Crippen LogP) is 4.86. The van der Waals surface area contributed by atoms with Gasteiger partial charge in [0.1, 0.15) is 0 Å². The first-order chi connectivity index (χ1) is 10.4. The zero-order chi connectivity index (χ0) is 16.2. The molecule has 22 heavy (non-hydrogen) atoms. The van der Waals surface area contributed by atoms with Gasteiger partial charge in [-0.05, 0) is 42.5 Å². The van der Waals surface area contributed by atoms with Crippen molar-refractivity contribution in [1.29, 1.82) is 0 Å². The Bertz CT molecular complexity index is 578. The van der Waals surface area contributed by atoms with E-state index in [-0.39, 0.29) is 5.41 Å². The zero-order valence-electron chi connectivity index (χ0n) is 14.2. The van der Waals surface area contributed by atoms with E-state index in [9.17, 15) is 4.79 Å². The molecule has 0 radical (unpaired) electrons. The van der Waals surface area contributed by atoms with Crippen molar-refractivity contribution in [2.45, 2.75) is 40.0 Å². The van der Waals surface area contributed by atoms with Crippen LogP contribution >= 0.6 is 0 Å². The number of allylic oxidation sites excluding steroid dienone is 3. The predicted molar refractivity (Wildman–Crippen MR) is 95.1 cm³/mol. The number of rotatable bonds is 5. The second-order valence-electron chi connectivity index (χ2n) is 6.78. The Morgan fingerprint density at radius 3 is 2.45 bits per heavy atom. The quantitative estimate of drug-likeness (QED) is 0.723. The van der Waals surface area contributed by atoms with E-state index in [1.807, 2.05) is 26.0 Å². The smallest absolute Gasteiger partial charge is 0.164 e. The highest BCUT2D eigenvalue weighted by molar-refractivity contribution is 6.01. The van der Waals surface area contributed by atoms with Crippen LogP contribution in [-0.4, -0.2) is 19.4 Å². The van der Waals surface area contributed by atoms with E-state index in [1.165, 1.54) is 5.69 Å². The maximum absolute atomic E-state index is 12.1. The van der Waals surface area contributed by atoms with Gasteiger partial charge in [-0.1, -0.05) is 51.1 Å². The van der Waals surface area contributed by atoms with Crippen molar-refractivity contribution in [2.75, 3.05) is 18.5 Å². The fourth-order valence-corrected chi connectivity index (χ4v) is 2.85. The molecule has 1 fully saturated rings. The van der Waals surface area contributed by atoms with Crippen LogP contribution in [0.25, 0.3) is 6.08 Å². The van der Waals surface area contributed by atoms with Gasteiger partial charge in [0.15, 0.2) is 5.78 Å². The lowest BCUT2D eigenvalue weighted by Gasteiger charge is -2.18. The van der Waals surface area contributed by atoms with Crippen LogP contribution < -0.4 is 4.90 Å². The Morgan fingerprint density at radius 1 is 1.23 bits per heavy atom. The Morgan fingerprint density at radius 2 is 1.91 bits per heavy atom. The van der Waals surface area contributed by atoms with Crippen LogP contribution in [0.15, 0.2) is 42.0 Å². The summed E-state index contributed by atoms with van der Waals surface area (Å²) in [6.07, 6.45) is 9.06. The molecule has 2 rings (SSSR count). The van der Waals surface area contributed by atoms with Crippen molar-refractivity contribution in [1.82, 2.24) is 0 Å². The maximum atomic E-state index is 12.1. The lowest BCUT2D eigenvalue weighted by atomic mass is 9.90. The SMILES string of the molecule is CCCN(C)c1ccc(C=CC=C2CCC(C)(C)C2=O)cc1. The van der Waals surface area contributed by atoms with E-state index in [4.69, 9.17) is 0 Å². The second-order valence-corrected chi connectivity index (χ2v) is 6.78.